The van der Waals surface area contributed by atoms with E-state index < -0.39 is 0 Å². The first-order chi connectivity index (χ1) is 17.1. The van der Waals surface area contributed by atoms with Crippen LogP contribution in [0.5, 0.6) is 0 Å². The first-order valence-corrected chi connectivity index (χ1v) is 13.6. The van der Waals surface area contributed by atoms with E-state index in [1.165, 1.54) is 5.69 Å². The topological polar surface area (TPSA) is 39.2 Å². The lowest BCUT2D eigenvalue weighted by Crippen LogP contribution is -2.47. The number of hydrazone groups is 1. The van der Waals surface area contributed by atoms with E-state index in [1.54, 1.807) is 5.01 Å². The van der Waals surface area contributed by atoms with Gasteiger partial charge in [0.1, 0.15) is 0 Å². The Bertz CT molecular complexity index is 1170. The Hall–Kier alpha value is -2.48. The van der Waals surface area contributed by atoms with Gasteiger partial charge in [0.25, 0.3) is 0 Å². The number of nitrogens with zero attached hydrogens (tertiary/aromatic N) is 4. The molecule has 3 aromatic rings. The monoisotopic (exact) mass is 594 g/mol. The molecule has 180 valence electrons. The third kappa shape index (κ3) is 5.85. The Morgan fingerprint density at radius 2 is 1.46 bits per heavy atom. The normalized spacial score (nSPS) is 18.6. The highest BCUT2D eigenvalue weighted by Crippen LogP contribution is 2.34. The van der Waals surface area contributed by atoms with E-state index in [4.69, 9.17) is 5.10 Å². The van der Waals surface area contributed by atoms with E-state index in [9.17, 15) is 4.79 Å². The summed E-state index contributed by atoms with van der Waals surface area (Å²) in [6.45, 7) is 4.65. The summed E-state index contributed by atoms with van der Waals surface area (Å²) in [5.74, 6) is 0.0792. The molecule has 1 amide bonds. The van der Waals surface area contributed by atoms with E-state index in [2.05, 4.69) is 96.3 Å². The second kappa shape index (κ2) is 11.1. The average Bonchev–Trinajstić information content (AvgIpc) is 3.34. The number of halogens is 2. The van der Waals surface area contributed by atoms with Crippen molar-refractivity contribution in [2.75, 3.05) is 37.6 Å². The van der Waals surface area contributed by atoms with Crippen LogP contribution in [0, 0.1) is 0 Å². The number of amides is 1. The maximum Gasteiger partial charge on any atom is 0.244 e. The van der Waals surface area contributed by atoms with Crippen LogP contribution in [-0.2, 0) is 4.79 Å². The van der Waals surface area contributed by atoms with Gasteiger partial charge in [0, 0.05) is 60.2 Å². The molecule has 0 unspecified atom stereocenters. The van der Waals surface area contributed by atoms with Gasteiger partial charge in [-0.15, -0.1) is 0 Å². The maximum atomic E-state index is 13.4. The smallest absolute Gasteiger partial charge is 0.244 e. The van der Waals surface area contributed by atoms with Crippen molar-refractivity contribution in [3.05, 3.63) is 98.9 Å². The van der Waals surface area contributed by atoms with Crippen LogP contribution in [0.1, 0.15) is 30.0 Å². The molecule has 5 nitrogen and oxygen atoms in total. The lowest BCUT2D eigenvalue weighted by molar-refractivity contribution is -0.133. The molecular formula is C28H28Br2N4O. The van der Waals surface area contributed by atoms with Crippen LogP contribution in [0.15, 0.2) is 92.9 Å². The standard InChI is InChI=1S/C28H28Br2N4O/c29-23-10-6-21(7-11-23)26-20-27(22-8-12-24(30)13-9-22)34(31-26)28(35)14-15-32-16-18-33(19-17-32)25-4-2-1-3-5-25/h1-13,27H,14-20H2/t27-/m1/s1. The number of para-hydroxylation sites is 1. The summed E-state index contributed by atoms with van der Waals surface area (Å²) in [5.41, 5.74) is 4.39. The lowest BCUT2D eigenvalue weighted by Gasteiger charge is -2.36. The van der Waals surface area contributed by atoms with Gasteiger partial charge in [-0.3, -0.25) is 9.69 Å². The molecular weight excluding hydrogens is 568 g/mol. The fourth-order valence-electron chi connectivity index (χ4n) is 4.74. The minimum absolute atomic E-state index is 0.0792. The summed E-state index contributed by atoms with van der Waals surface area (Å²) in [4.78, 5) is 18.2. The number of anilines is 1. The summed E-state index contributed by atoms with van der Waals surface area (Å²) >= 11 is 7.02. The summed E-state index contributed by atoms with van der Waals surface area (Å²) in [5, 5.41) is 6.55. The fraction of sp³-hybridized carbons (Fsp3) is 0.286. The van der Waals surface area contributed by atoms with Crippen LogP contribution < -0.4 is 4.90 Å². The van der Waals surface area contributed by atoms with Gasteiger partial charge >= 0.3 is 0 Å². The summed E-state index contributed by atoms with van der Waals surface area (Å²) < 4.78 is 2.06. The highest BCUT2D eigenvalue weighted by atomic mass is 79.9. The first-order valence-electron chi connectivity index (χ1n) is 12.0. The maximum absolute atomic E-state index is 13.4. The zero-order valence-electron chi connectivity index (χ0n) is 19.5. The molecule has 2 aliphatic rings. The average molecular weight is 596 g/mol. The van der Waals surface area contributed by atoms with Crippen LogP contribution in [0.4, 0.5) is 5.69 Å². The van der Waals surface area contributed by atoms with Crippen LogP contribution in [-0.4, -0.2) is 54.3 Å². The van der Waals surface area contributed by atoms with Crippen molar-refractivity contribution in [1.82, 2.24) is 9.91 Å². The number of piperazine rings is 1. The van der Waals surface area contributed by atoms with Crippen LogP contribution in [0.3, 0.4) is 0 Å². The molecule has 0 aliphatic carbocycles. The Kier molecular flexibility index (Phi) is 7.66. The summed E-state index contributed by atoms with van der Waals surface area (Å²) in [7, 11) is 0. The lowest BCUT2D eigenvalue weighted by atomic mass is 9.98. The van der Waals surface area contributed by atoms with E-state index >= 15 is 0 Å². The van der Waals surface area contributed by atoms with Crippen molar-refractivity contribution in [3.8, 4) is 0 Å². The van der Waals surface area contributed by atoms with Gasteiger partial charge in [-0.2, -0.15) is 5.10 Å². The van der Waals surface area contributed by atoms with Crippen LogP contribution >= 0.6 is 31.9 Å². The molecule has 1 atom stereocenters. The Morgan fingerprint density at radius 1 is 0.829 bits per heavy atom. The van der Waals surface area contributed by atoms with Crippen molar-refractivity contribution in [2.45, 2.75) is 18.9 Å². The van der Waals surface area contributed by atoms with Gasteiger partial charge in [0.15, 0.2) is 0 Å². The number of carbonyl (C=O) groups is 1. The molecule has 3 aromatic carbocycles. The SMILES string of the molecule is O=C(CCN1CCN(c2ccccc2)CC1)N1N=C(c2ccc(Br)cc2)C[C@@H]1c1ccc(Br)cc1. The molecule has 0 aromatic heterocycles. The summed E-state index contributed by atoms with van der Waals surface area (Å²) in [6, 6.07) is 26.8. The third-order valence-electron chi connectivity index (χ3n) is 6.73. The quantitative estimate of drug-likeness (QED) is 0.346. The molecule has 0 radical (unpaired) electrons. The minimum atomic E-state index is -0.0795. The van der Waals surface area contributed by atoms with E-state index in [-0.39, 0.29) is 11.9 Å². The molecule has 0 bridgehead atoms. The highest BCUT2D eigenvalue weighted by Gasteiger charge is 2.33. The zero-order valence-corrected chi connectivity index (χ0v) is 22.7. The molecule has 7 heteroatoms. The molecule has 35 heavy (non-hydrogen) atoms. The molecule has 2 heterocycles. The van der Waals surface area contributed by atoms with Crippen molar-refractivity contribution in [2.24, 2.45) is 5.10 Å². The Morgan fingerprint density at radius 3 is 2.11 bits per heavy atom. The van der Waals surface area contributed by atoms with Gasteiger partial charge in [0.2, 0.25) is 5.91 Å². The van der Waals surface area contributed by atoms with Crippen molar-refractivity contribution in [1.29, 1.82) is 0 Å². The zero-order chi connectivity index (χ0) is 24.2. The first kappa shape index (κ1) is 24.2. The van der Waals surface area contributed by atoms with Crippen LogP contribution in [0.25, 0.3) is 0 Å². The second-order valence-corrected chi connectivity index (χ2v) is 10.8. The number of carbonyl (C=O) groups excluding carboxylic acids is 1. The predicted octanol–water partition coefficient (Wildman–Crippen LogP) is 6.10. The van der Waals surface area contributed by atoms with Crippen molar-refractivity contribution in [3.63, 3.8) is 0 Å². The fourth-order valence-corrected chi connectivity index (χ4v) is 5.27. The van der Waals surface area contributed by atoms with E-state index in [0.717, 1.165) is 58.5 Å². The van der Waals surface area contributed by atoms with Gasteiger partial charge in [-0.1, -0.05) is 74.3 Å². The number of rotatable bonds is 6. The number of benzene rings is 3. The van der Waals surface area contributed by atoms with E-state index in [0.29, 0.717) is 12.8 Å². The van der Waals surface area contributed by atoms with Gasteiger partial charge < -0.3 is 4.90 Å². The van der Waals surface area contributed by atoms with Crippen molar-refractivity contribution < 1.29 is 4.79 Å². The van der Waals surface area contributed by atoms with E-state index in [1.807, 2.05) is 24.3 Å². The van der Waals surface area contributed by atoms with Gasteiger partial charge in [-0.05, 0) is 47.5 Å². The highest BCUT2D eigenvalue weighted by molar-refractivity contribution is 9.10. The Labute approximate surface area is 223 Å². The molecule has 1 saturated heterocycles. The third-order valence-corrected chi connectivity index (χ3v) is 7.79. The molecule has 0 spiro atoms. The minimum Gasteiger partial charge on any atom is -0.369 e. The molecule has 5 rings (SSSR count). The molecule has 0 N–H and O–H groups in total. The molecule has 0 saturated carbocycles. The Balaban J connectivity index is 1.25. The number of hydrogen-bond acceptors (Lipinski definition) is 4. The predicted molar refractivity (Wildman–Crippen MR) is 149 cm³/mol. The molecule has 1 fully saturated rings. The second-order valence-electron chi connectivity index (χ2n) is 8.98. The van der Waals surface area contributed by atoms with Crippen molar-refractivity contribution >= 4 is 49.2 Å². The largest absolute Gasteiger partial charge is 0.369 e. The summed E-state index contributed by atoms with van der Waals surface area (Å²) in [6.07, 6.45) is 1.18. The number of hydrogen-bond donors (Lipinski definition) is 0. The van der Waals surface area contributed by atoms with Gasteiger partial charge in [-0.25, -0.2) is 5.01 Å². The molecule has 2 aliphatic heterocycles. The van der Waals surface area contributed by atoms with Crippen LogP contribution in [0.2, 0.25) is 0 Å². The van der Waals surface area contributed by atoms with Gasteiger partial charge in [0.05, 0.1) is 11.8 Å².